The fraction of sp³-hybridized carbons (Fsp3) is 0.0909. The Morgan fingerprint density at radius 2 is 1.70 bits per heavy atom. The van der Waals surface area contributed by atoms with Crippen molar-refractivity contribution in [3.8, 4) is 22.8 Å². The van der Waals surface area contributed by atoms with Crippen LogP contribution in [0.3, 0.4) is 0 Å². The van der Waals surface area contributed by atoms with Crippen molar-refractivity contribution >= 4 is 22.5 Å². The summed E-state index contributed by atoms with van der Waals surface area (Å²) in [5.41, 5.74) is 3.88. The summed E-state index contributed by atoms with van der Waals surface area (Å²) in [4.78, 5) is 9.61. The lowest BCUT2D eigenvalue weighted by Gasteiger charge is -2.10. The van der Waals surface area contributed by atoms with Crippen molar-refractivity contribution in [2.75, 3.05) is 6.79 Å². The maximum Gasteiger partial charge on any atom is 0.231 e. The molecular formula is C22H15ClN2O2. The third-order valence-corrected chi connectivity index (χ3v) is 4.79. The Kier molecular flexibility index (Phi) is 3.91. The van der Waals surface area contributed by atoms with E-state index in [9.17, 15) is 0 Å². The minimum Gasteiger partial charge on any atom is -0.454 e. The SMILES string of the molecule is Clc1ccc2nc(Cc3ccc4c(c3)OCO4)nc(-c3ccccc3)c2c1. The number of fused-ring (bicyclic) bond motifs is 2. The van der Waals surface area contributed by atoms with Crippen LogP contribution in [0.25, 0.3) is 22.2 Å². The fourth-order valence-electron chi connectivity index (χ4n) is 3.28. The molecule has 5 heteroatoms. The van der Waals surface area contributed by atoms with E-state index in [1.807, 2.05) is 66.7 Å². The first kappa shape index (κ1) is 16.1. The largest absolute Gasteiger partial charge is 0.454 e. The van der Waals surface area contributed by atoms with E-state index >= 15 is 0 Å². The van der Waals surface area contributed by atoms with Crippen LogP contribution in [0.15, 0.2) is 66.7 Å². The second kappa shape index (κ2) is 6.56. The Morgan fingerprint density at radius 3 is 2.59 bits per heavy atom. The van der Waals surface area contributed by atoms with E-state index in [1.165, 1.54) is 0 Å². The Hall–Kier alpha value is -3.11. The molecule has 0 saturated heterocycles. The molecule has 4 nitrogen and oxygen atoms in total. The highest BCUT2D eigenvalue weighted by Gasteiger charge is 2.15. The molecular weight excluding hydrogens is 360 g/mol. The number of hydrogen-bond donors (Lipinski definition) is 0. The molecule has 0 unspecified atom stereocenters. The topological polar surface area (TPSA) is 44.2 Å². The van der Waals surface area contributed by atoms with E-state index in [1.54, 1.807) is 0 Å². The van der Waals surface area contributed by atoms with Gasteiger partial charge in [-0.05, 0) is 35.9 Å². The van der Waals surface area contributed by atoms with Gasteiger partial charge in [-0.2, -0.15) is 0 Å². The maximum absolute atomic E-state index is 6.22. The van der Waals surface area contributed by atoms with Crippen LogP contribution < -0.4 is 9.47 Å². The molecule has 0 bridgehead atoms. The average molecular weight is 375 g/mol. The van der Waals surface area contributed by atoms with E-state index in [0.29, 0.717) is 11.4 Å². The van der Waals surface area contributed by atoms with Crippen molar-refractivity contribution in [2.45, 2.75) is 6.42 Å². The normalized spacial score (nSPS) is 12.5. The van der Waals surface area contributed by atoms with Crippen molar-refractivity contribution in [2.24, 2.45) is 0 Å². The Labute approximate surface area is 161 Å². The number of nitrogens with zero attached hydrogens (tertiary/aromatic N) is 2. The number of benzene rings is 3. The van der Waals surface area contributed by atoms with Gasteiger partial charge in [-0.25, -0.2) is 9.97 Å². The molecule has 0 fully saturated rings. The van der Waals surface area contributed by atoms with E-state index in [0.717, 1.165) is 45.0 Å². The average Bonchev–Trinajstić information content (AvgIpc) is 3.16. The van der Waals surface area contributed by atoms with Crippen LogP contribution >= 0.6 is 11.6 Å². The number of ether oxygens (including phenoxy) is 2. The van der Waals surface area contributed by atoms with Crippen molar-refractivity contribution in [1.82, 2.24) is 9.97 Å². The quantitative estimate of drug-likeness (QED) is 0.490. The number of halogens is 1. The first-order valence-corrected chi connectivity index (χ1v) is 9.04. The lowest BCUT2D eigenvalue weighted by molar-refractivity contribution is 0.174. The van der Waals surface area contributed by atoms with Crippen molar-refractivity contribution in [1.29, 1.82) is 0 Å². The third-order valence-electron chi connectivity index (χ3n) is 4.55. The summed E-state index contributed by atoms with van der Waals surface area (Å²) in [5, 5.41) is 1.62. The van der Waals surface area contributed by atoms with Crippen molar-refractivity contribution < 1.29 is 9.47 Å². The monoisotopic (exact) mass is 374 g/mol. The minimum absolute atomic E-state index is 0.268. The molecule has 27 heavy (non-hydrogen) atoms. The molecule has 5 rings (SSSR count). The van der Waals surface area contributed by atoms with Crippen LogP contribution in [-0.4, -0.2) is 16.8 Å². The van der Waals surface area contributed by atoms with Gasteiger partial charge < -0.3 is 9.47 Å². The molecule has 0 aliphatic carbocycles. The number of hydrogen-bond acceptors (Lipinski definition) is 4. The van der Waals surface area contributed by atoms with Gasteiger partial charge >= 0.3 is 0 Å². The summed E-state index contributed by atoms with van der Waals surface area (Å²) in [7, 11) is 0. The molecule has 1 aliphatic heterocycles. The molecule has 1 aromatic heterocycles. The van der Waals surface area contributed by atoms with Crippen molar-refractivity contribution in [3.05, 3.63) is 83.1 Å². The van der Waals surface area contributed by atoms with Gasteiger partial charge in [0.1, 0.15) is 5.82 Å². The van der Waals surface area contributed by atoms with Gasteiger partial charge in [0.25, 0.3) is 0 Å². The molecule has 0 spiro atoms. The van der Waals surface area contributed by atoms with Crippen LogP contribution in [0.4, 0.5) is 0 Å². The molecule has 0 N–H and O–H groups in total. The molecule has 0 amide bonds. The zero-order chi connectivity index (χ0) is 18.2. The molecule has 2 heterocycles. The molecule has 0 atom stereocenters. The number of rotatable bonds is 3. The van der Waals surface area contributed by atoms with E-state index in [4.69, 9.17) is 31.0 Å². The summed E-state index contributed by atoms with van der Waals surface area (Å²) in [6.07, 6.45) is 0.606. The highest BCUT2D eigenvalue weighted by molar-refractivity contribution is 6.31. The molecule has 3 aromatic carbocycles. The Bertz CT molecular complexity index is 1150. The summed E-state index contributed by atoms with van der Waals surface area (Å²) < 4.78 is 10.9. The summed E-state index contributed by atoms with van der Waals surface area (Å²) in [6, 6.07) is 21.8. The molecule has 4 aromatic rings. The maximum atomic E-state index is 6.22. The van der Waals surface area contributed by atoms with E-state index in [-0.39, 0.29) is 6.79 Å². The molecule has 0 saturated carbocycles. The van der Waals surface area contributed by atoms with Gasteiger partial charge in [0.15, 0.2) is 11.5 Å². The molecule has 0 radical (unpaired) electrons. The fourth-order valence-corrected chi connectivity index (χ4v) is 3.45. The molecule has 1 aliphatic rings. The second-order valence-electron chi connectivity index (χ2n) is 6.38. The standard InChI is InChI=1S/C22H15ClN2O2/c23-16-7-8-18-17(12-16)22(15-4-2-1-3-5-15)25-21(24-18)11-14-6-9-19-20(10-14)27-13-26-19/h1-10,12H,11,13H2. The highest BCUT2D eigenvalue weighted by Crippen LogP contribution is 2.33. The zero-order valence-corrected chi connectivity index (χ0v) is 15.1. The lowest BCUT2D eigenvalue weighted by atomic mass is 10.1. The van der Waals surface area contributed by atoms with Crippen LogP contribution in [-0.2, 0) is 6.42 Å². The van der Waals surface area contributed by atoms with E-state index in [2.05, 4.69) is 0 Å². The van der Waals surface area contributed by atoms with Gasteiger partial charge in [0, 0.05) is 22.4 Å². The van der Waals surface area contributed by atoms with Gasteiger partial charge in [0.2, 0.25) is 6.79 Å². The minimum atomic E-state index is 0.268. The predicted octanol–water partition coefficient (Wildman–Crippen LogP) is 5.27. The van der Waals surface area contributed by atoms with Crippen LogP contribution in [0.1, 0.15) is 11.4 Å². The first-order chi connectivity index (χ1) is 13.3. The highest BCUT2D eigenvalue weighted by atomic mass is 35.5. The number of aromatic nitrogens is 2. The second-order valence-corrected chi connectivity index (χ2v) is 6.82. The molecule has 132 valence electrons. The van der Waals surface area contributed by atoms with Gasteiger partial charge in [-0.15, -0.1) is 0 Å². The summed E-state index contributed by atoms with van der Waals surface area (Å²) in [5.74, 6) is 2.30. The Balaban J connectivity index is 1.62. The van der Waals surface area contributed by atoms with E-state index < -0.39 is 0 Å². The van der Waals surface area contributed by atoms with Gasteiger partial charge in [0.05, 0.1) is 11.2 Å². The van der Waals surface area contributed by atoms with Gasteiger partial charge in [-0.3, -0.25) is 0 Å². The van der Waals surface area contributed by atoms with Gasteiger partial charge in [-0.1, -0.05) is 48.0 Å². The van der Waals surface area contributed by atoms with Crippen molar-refractivity contribution in [3.63, 3.8) is 0 Å². The predicted molar refractivity (Wildman–Crippen MR) is 105 cm³/mol. The van der Waals surface area contributed by atoms with Crippen LogP contribution in [0.5, 0.6) is 11.5 Å². The summed E-state index contributed by atoms with van der Waals surface area (Å²) >= 11 is 6.22. The Morgan fingerprint density at radius 1 is 0.852 bits per heavy atom. The first-order valence-electron chi connectivity index (χ1n) is 8.66. The van der Waals surface area contributed by atoms with Crippen LogP contribution in [0.2, 0.25) is 5.02 Å². The lowest BCUT2D eigenvalue weighted by Crippen LogP contribution is -2.00. The third kappa shape index (κ3) is 3.09. The smallest absolute Gasteiger partial charge is 0.231 e. The zero-order valence-electron chi connectivity index (χ0n) is 14.4. The van der Waals surface area contributed by atoms with Crippen LogP contribution in [0, 0.1) is 0 Å². The summed E-state index contributed by atoms with van der Waals surface area (Å²) in [6.45, 7) is 0.268.